The fourth-order valence-corrected chi connectivity index (χ4v) is 2.45. The van der Waals surface area contributed by atoms with Gasteiger partial charge in [0.05, 0.1) is 30.3 Å². The number of esters is 1. The predicted molar refractivity (Wildman–Crippen MR) is 83.4 cm³/mol. The third-order valence-corrected chi connectivity index (χ3v) is 3.50. The van der Waals surface area contributed by atoms with Gasteiger partial charge in [-0.05, 0) is 25.5 Å². The highest BCUT2D eigenvalue weighted by Gasteiger charge is 2.33. The van der Waals surface area contributed by atoms with Crippen molar-refractivity contribution in [3.8, 4) is 5.75 Å². The molecule has 1 aromatic rings. The molecule has 128 valence electrons. The first-order valence-electron chi connectivity index (χ1n) is 7.16. The molecule has 0 aliphatic carbocycles. The van der Waals surface area contributed by atoms with Crippen LogP contribution in [0, 0.1) is 10.1 Å². The van der Waals surface area contributed by atoms with E-state index in [0.29, 0.717) is 11.3 Å². The van der Waals surface area contributed by atoms with Gasteiger partial charge in [0.25, 0.3) is 0 Å². The van der Waals surface area contributed by atoms with Crippen molar-refractivity contribution in [1.82, 2.24) is 10.6 Å². The Labute approximate surface area is 137 Å². The van der Waals surface area contributed by atoms with Crippen molar-refractivity contribution < 1.29 is 24.0 Å². The molecule has 1 atom stereocenters. The lowest BCUT2D eigenvalue weighted by molar-refractivity contribution is -0.385. The van der Waals surface area contributed by atoms with Gasteiger partial charge >= 0.3 is 17.7 Å². The molecule has 0 radical (unpaired) electrons. The van der Waals surface area contributed by atoms with E-state index in [-0.39, 0.29) is 23.6 Å². The van der Waals surface area contributed by atoms with Gasteiger partial charge in [-0.25, -0.2) is 9.59 Å². The van der Waals surface area contributed by atoms with Crippen molar-refractivity contribution in [2.75, 3.05) is 13.7 Å². The first-order valence-corrected chi connectivity index (χ1v) is 7.16. The second-order valence-corrected chi connectivity index (χ2v) is 4.98. The van der Waals surface area contributed by atoms with Gasteiger partial charge in [-0.2, -0.15) is 0 Å². The van der Waals surface area contributed by atoms with Crippen LogP contribution < -0.4 is 15.4 Å². The number of nitrogens with zero attached hydrogens (tertiary/aromatic N) is 1. The summed E-state index contributed by atoms with van der Waals surface area (Å²) in [5.74, 6) is -0.520. The van der Waals surface area contributed by atoms with Crippen LogP contribution in [-0.2, 0) is 9.53 Å². The number of hydrogen-bond donors (Lipinski definition) is 2. The number of rotatable bonds is 5. The van der Waals surface area contributed by atoms with Crippen molar-refractivity contribution in [2.45, 2.75) is 19.9 Å². The minimum absolute atomic E-state index is 0.0856. The molecule has 1 aliphatic heterocycles. The number of amides is 2. The Bertz CT molecular complexity index is 728. The fourth-order valence-electron chi connectivity index (χ4n) is 2.45. The van der Waals surface area contributed by atoms with Gasteiger partial charge in [-0.15, -0.1) is 0 Å². The first-order chi connectivity index (χ1) is 11.4. The van der Waals surface area contributed by atoms with E-state index in [2.05, 4.69) is 10.6 Å². The summed E-state index contributed by atoms with van der Waals surface area (Å²) in [4.78, 5) is 34.6. The number of allylic oxidation sites excluding steroid dienone is 1. The summed E-state index contributed by atoms with van der Waals surface area (Å²) >= 11 is 0. The number of urea groups is 1. The van der Waals surface area contributed by atoms with Crippen molar-refractivity contribution in [3.05, 3.63) is 45.1 Å². The summed E-state index contributed by atoms with van der Waals surface area (Å²) in [5, 5.41) is 16.3. The van der Waals surface area contributed by atoms with Gasteiger partial charge in [-0.1, -0.05) is 6.07 Å². The topological polar surface area (TPSA) is 120 Å². The van der Waals surface area contributed by atoms with E-state index >= 15 is 0 Å². The molecule has 2 N–H and O–H groups in total. The molecule has 0 saturated carbocycles. The zero-order valence-corrected chi connectivity index (χ0v) is 13.4. The van der Waals surface area contributed by atoms with Gasteiger partial charge in [0.1, 0.15) is 0 Å². The largest absolute Gasteiger partial charge is 0.490 e. The Kier molecular flexibility index (Phi) is 5.02. The Morgan fingerprint density at radius 3 is 2.71 bits per heavy atom. The van der Waals surface area contributed by atoms with Crippen LogP contribution in [0.2, 0.25) is 0 Å². The van der Waals surface area contributed by atoms with E-state index < -0.39 is 23.0 Å². The number of benzene rings is 1. The third-order valence-electron chi connectivity index (χ3n) is 3.50. The molecule has 1 heterocycles. The van der Waals surface area contributed by atoms with Crippen molar-refractivity contribution in [1.29, 1.82) is 0 Å². The minimum atomic E-state index is -0.859. The highest BCUT2D eigenvalue weighted by Crippen LogP contribution is 2.34. The summed E-state index contributed by atoms with van der Waals surface area (Å²) in [5.41, 5.74) is 0.639. The molecule has 24 heavy (non-hydrogen) atoms. The normalized spacial score (nSPS) is 17.0. The number of hydrogen-bond acceptors (Lipinski definition) is 6. The minimum Gasteiger partial charge on any atom is -0.490 e. The van der Waals surface area contributed by atoms with Crippen LogP contribution in [-0.4, -0.2) is 30.6 Å². The van der Waals surface area contributed by atoms with E-state index in [1.807, 2.05) is 0 Å². The number of methoxy groups -OCH3 is 1. The molecule has 2 rings (SSSR count). The summed E-state index contributed by atoms with van der Waals surface area (Å²) in [7, 11) is 1.32. The predicted octanol–water partition coefficient (Wildman–Crippen LogP) is 1.79. The SMILES string of the molecule is CCOC(=O)C1=C(C)NC(=O)N[C@@H]1c1ccc(OC)c([N+](=O)[O-])c1. The maximum Gasteiger partial charge on any atom is 0.338 e. The maximum atomic E-state index is 12.2. The lowest BCUT2D eigenvalue weighted by Crippen LogP contribution is -2.45. The monoisotopic (exact) mass is 335 g/mol. The zero-order chi connectivity index (χ0) is 17.9. The van der Waals surface area contributed by atoms with Crippen LogP contribution in [0.3, 0.4) is 0 Å². The van der Waals surface area contributed by atoms with Crippen LogP contribution in [0.5, 0.6) is 5.75 Å². The summed E-state index contributed by atoms with van der Waals surface area (Å²) < 4.78 is 9.97. The highest BCUT2D eigenvalue weighted by atomic mass is 16.6. The van der Waals surface area contributed by atoms with Crippen LogP contribution >= 0.6 is 0 Å². The second kappa shape index (κ2) is 6.99. The standard InChI is InChI=1S/C15H17N3O6/c1-4-24-14(19)12-8(2)16-15(20)17-13(12)9-5-6-11(23-3)10(7-9)18(21)22/h5-7,13H,4H2,1-3H3,(H2,16,17,20)/t13-/m1/s1. The van der Waals surface area contributed by atoms with Gasteiger partial charge in [0.15, 0.2) is 5.75 Å². The van der Waals surface area contributed by atoms with E-state index in [9.17, 15) is 19.7 Å². The van der Waals surface area contributed by atoms with Gasteiger partial charge in [-0.3, -0.25) is 10.1 Å². The second-order valence-electron chi connectivity index (χ2n) is 4.98. The number of nitro benzene ring substituents is 1. The number of nitrogens with one attached hydrogen (secondary N) is 2. The van der Waals surface area contributed by atoms with Crippen LogP contribution in [0.15, 0.2) is 29.5 Å². The number of ether oxygens (including phenoxy) is 2. The fraction of sp³-hybridized carbons (Fsp3) is 0.333. The molecule has 0 saturated heterocycles. The van der Waals surface area contributed by atoms with E-state index in [1.54, 1.807) is 19.9 Å². The smallest absolute Gasteiger partial charge is 0.338 e. The summed E-state index contributed by atoms with van der Waals surface area (Å²) in [6.45, 7) is 3.39. The van der Waals surface area contributed by atoms with E-state index in [4.69, 9.17) is 9.47 Å². The van der Waals surface area contributed by atoms with Crippen LogP contribution in [0.1, 0.15) is 25.5 Å². The van der Waals surface area contributed by atoms with Gasteiger partial charge < -0.3 is 20.1 Å². The number of carbonyl (C=O) groups excluding carboxylic acids is 2. The molecule has 0 bridgehead atoms. The molecule has 2 amide bonds. The molecule has 9 nitrogen and oxygen atoms in total. The van der Waals surface area contributed by atoms with Gasteiger partial charge in [0, 0.05) is 11.8 Å². The van der Waals surface area contributed by atoms with Crippen molar-refractivity contribution >= 4 is 17.7 Å². The average molecular weight is 335 g/mol. The third kappa shape index (κ3) is 3.29. The lowest BCUT2D eigenvalue weighted by Gasteiger charge is -2.28. The van der Waals surface area contributed by atoms with E-state index in [0.717, 1.165) is 0 Å². The van der Waals surface area contributed by atoms with Crippen molar-refractivity contribution in [2.24, 2.45) is 0 Å². The Hall–Kier alpha value is -3.10. The van der Waals surface area contributed by atoms with Gasteiger partial charge in [0.2, 0.25) is 0 Å². The molecule has 9 heteroatoms. The number of carbonyl (C=O) groups is 2. The Balaban J connectivity index is 2.53. The lowest BCUT2D eigenvalue weighted by atomic mass is 9.95. The van der Waals surface area contributed by atoms with E-state index in [1.165, 1.54) is 19.2 Å². The Morgan fingerprint density at radius 2 is 2.12 bits per heavy atom. The average Bonchev–Trinajstić information content (AvgIpc) is 2.53. The maximum absolute atomic E-state index is 12.2. The van der Waals surface area contributed by atoms with Crippen molar-refractivity contribution in [3.63, 3.8) is 0 Å². The quantitative estimate of drug-likeness (QED) is 0.481. The highest BCUT2D eigenvalue weighted by molar-refractivity contribution is 5.95. The number of nitro groups is 1. The molecule has 0 aromatic heterocycles. The molecule has 0 spiro atoms. The summed E-state index contributed by atoms with van der Waals surface area (Å²) in [6.07, 6.45) is 0. The molecular formula is C15H17N3O6. The zero-order valence-electron chi connectivity index (χ0n) is 13.4. The van der Waals surface area contributed by atoms with Crippen LogP contribution in [0.25, 0.3) is 0 Å². The molecule has 1 aromatic carbocycles. The molecule has 1 aliphatic rings. The molecular weight excluding hydrogens is 318 g/mol. The molecule has 0 fully saturated rings. The summed E-state index contributed by atoms with van der Waals surface area (Å²) in [6, 6.07) is 2.86. The first kappa shape index (κ1) is 17.3. The molecule has 0 unspecified atom stereocenters. The Morgan fingerprint density at radius 1 is 1.42 bits per heavy atom. The van der Waals surface area contributed by atoms with Crippen LogP contribution in [0.4, 0.5) is 10.5 Å².